The van der Waals surface area contributed by atoms with Gasteiger partial charge in [-0.15, -0.1) is 0 Å². The lowest BCUT2D eigenvalue weighted by Crippen LogP contribution is -2.02. The molecule has 2 aromatic rings. The van der Waals surface area contributed by atoms with Gasteiger partial charge < -0.3 is 10.3 Å². The fourth-order valence-corrected chi connectivity index (χ4v) is 1.80. The van der Waals surface area contributed by atoms with Crippen LogP contribution in [0.3, 0.4) is 0 Å². The summed E-state index contributed by atoms with van der Waals surface area (Å²) in [6.07, 6.45) is 2.11. The van der Waals surface area contributed by atoms with Crippen molar-refractivity contribution in [2.45, 2.75) is 20.4 Å². The summed E-state index contributed by atoms with van der Waals surface area (Å²) in [4.78, 5) is 0. The molecular formula is C12H16N2. The van der Waals surface area contributed by atoms with E-state index >= 15 is 0 Å². The zero-order valence-electron chi connectivity index (χ0n) is 8.70. The van der Waals surface area contributed by atoms with E-state index in [0.29, 0.717) is 5.92 Å². The minimum atomic E-state index is 0.659. The third-order valence-corrected chi connectivity index (χ3v) is 2.41. The van der Waals surface area contributed by atoms with Crippen LogP contribution in [-0.4, -0.2) is 4.57 Å². The highest BCUT2D eigenvalue weighted by atomic mass is 15.0. The molecule has 0 fully saturated rings. The largest absolute Gasteiger partial charge is 0.398 e. The Kier molecular flexibility index (Phi) is 2.20. The van der Waals surface area contributed by atoms with Crippen LogP contribution < -0.4 is 5.73 Å². The number of rotatable bonds is 2. The number of nitrogen functional groups attached to an aromatic ring is 1. The van der Waals surface area contributed by atoms with Gasteiger partial charge in [0, 0.05) is 23.8 Å². The van der Waals surface area contributed by atoms with E-state index in [-0.39, 0.29) is 0 Å². The summed E-state index contributed by atoms with van der Waals surface area (Å²) in [6, 6.07) is 8.16. The molecule has 0 atom stereocenters. The first-order valence-electron chi connectivity index (χ1n) is 5.02. The predicted octanol–water partition coefficient (Wildman–Crippen LogP) is 2.88. The van der Waals surface area contributed by atoms with E-state index in [4.69, 9.17) is 5.73 Å². The quantitative estimate of drug-likeness (QED) is 0.722. The second-order valence-electron chi connectivity index (χ2n) is 4.14. The summed E-state index contributed by atoms with van der Waals surface area (Å²) >= 11 is 0. The van der Waals surface area contributed by atoms with Gasteiger partial charge in [0.2, 0.25) is 0 Å². The molecule has 1 heterocycles. The van der Waals surface area contributed by atoms with Gasteiger partial charge in [0.15, 0.2) is 0 Å². The van der Waals surface area contributed by atoms with Gasteiger partial charge in [0.05, 0.1) is 5.52 Å². The lowest BCUT2D eigenvalue weighted by Gasteiger charge is -2.08. The molecule has 2 rings (SSSR count). The van der Waals surface area contributed by atoms with Crippen molar-refractivity contribution in [3.05, 3.63) is 30.5 Å². The van der Waals surface area contributed by atoms with E-state index < -0.39 is 0 Å². The Morgan fingerprint density at radius 1 is 1.29 bits per heavy atom. The number of hydrogen-bond donors (Lipinski definition) is 1. The Morgan fingerprint density at radius 3 is 2.79 bits per heavy atom. The van der Waals surface area contributed by atoms with Crippen LogP contribution in [-0.2, 0) is 6.54 Å². The highest BCUT2D eigenvalue weighted by molar-refractivity contribution is 5.91. The van der Waals surface area contributed by atoms with Crippen molar-refractivity contribution in [2.24, 2.45) is 5.92 Å². The van der Waals surface area contributed by atoms with Crippen molar-refractivity contribution in [3.63, 3.8) is 0 Å². The molecule has 0 saturated heterocycles. The van der Waals surface area contributed by atoms with Crippen molar-refractivity contribution in [2.75, 3.05) is 5.73 Å². The summed E-state index contributed by atoms with van der Waals surface area (Å²) < 4.78 is 2.26. The zero-order valence-corrected chi connectivity index (χ0v) is 8.70. The summed E-state index contributed by atoms with van der Waals surface area (Å²) in [6.45, 7) is 5.49. The molecule has 0 radical (unpaired) electrons. The van der Waals surface area contributed by atoms with Crippen LogP contribution in [0, 0.1) is 5.92 Å². The molecule has 2 N–H and O–H groups in total. The lowest BCUT2D eigenvalue weighted by atomic mass is 10.2. The van der Waals surface area contributed by atoms with E-state index in [9.17, 15) is 0 Å². The molecule has 0 aliphatic rings. The summed E-state index contributed by atoms with van der Waals surface area (Å²) in [5, 5.41) is 1.16. The second-order valence-corrected chi connectivity index (χ2v) is 4.14. The number of benzene rings is 1. The highest BCUT2D eigenvalue weighted by Gasteiger charge is 2.03. The van der Waals surface area contributed by atoms with Crippen LogP contribution in [0.4, 0.5) is 5.69 Å². The molecular weight excluding hydrogens is 172 g/mol. The van der Waals surface area contributed by atoms with Crippen molar-refractivity contribution in [3.8, 4) is 0 Å². The van der Waals surface area contributed by atoms with Crippen LogP contribution in [0.15, 0.2) is 30.5 Å². The number of nitrogens with two attached hydrogens (primary N) is 1. The molecule has 2 heteroatoms. The Morgan fingerprint density at radius 2 is 2.07 bits per heavy atom. The first-order chi connectivity index (χ1) is 6.68. The molecule has 1 aromatic heterocycles. The third-order valence-electron chi connectivity index (χ3n) is 2.41. The third kappa shape index (κ3) is 1.48. The molecule has 0 unspecified atom stereocenters. The average Bonchev–Trinajstić information content (AvgIpc) is 2.49. The Labute approximate surface area is 84.3 Å². The number of hydrogen-bond acceptors (Lipinski definition) is 1. The van der Waals surface area contributed by atoms with Crippen molar-refractivity contribution in [1.29, 1.82) is 0 Å². The van der Waals surface area contributed by atoms with Crippen LogP contribution in [0.25, 0.3) is 10.9 Å². The summed E-state index contributed by atoms with van der Waals surface area (Å²) in [7, 11) is 0. The normalized spacial score (nSPS) is 11.4. The van der Waals surface area contributed by atoms with Crippen molar-refractivity contribution >= 4 is 16.6 Å². The van der Waals surface area contributed by atoms with Crippen molar-refractivity contribution < 1.29 is 0 Å². The van der Waals surface area contributed by atoms with Crippen LogP contribution in [0.1, 0.15) is 13.8 Å². The van der Waals surface area contributed by atoms with Gasteiger partial charge in [-0.25, -0.2) is 0 Å². The van der Waals surface area contributed by atoms with E-state index in [0.717, 1.165) is 17.6 Å². The SMILES string of the molecule is CC(C)Cn1ccc2c(N)cccc21. The van der Waals surface area contributed by atoms with Gasteiger partial charge in [-0.05, 0) is 24.1 Å². The maximum atomic E-state index is 5.89. The Bertz CT molecular complexity index is 441. The van der Waals surface area contributed by atoms with Gasteiger partial charge >= 0.3 is 0 Å². The summed E-state index contributed by atoms with van der Waals surface area (Å²) in [5.41, 5.74) is 7.99. The van der Waals surface area contributed by atoms with E-state index in [2.05, 4.69) is 36.7 Å². The fourth-order valence-electron chi connectivity index (χ4n) is 1.80. The number of nitrogens with zero attached hydrogens (tertiary/aromatic N) is 1. The van der Waals surface area contributed by atoms with Crippen LogP contribution in [0.5, 0.6) is 0 Å². The van der Waals surface area contributed by atoms with Crippen LogP contribution in [0.2, 0.25) is 0 Å². The van der Waals surface area contributed by atoms with Gasteiger partial charge in [-0.1, -0.05) is 19.9 Å². The maximum absolute atomic E-state index is 5.89. The topological polar surface area (TPSA) is 30.9 Å². The molecule has 1 aromatic carbocycles. The monoisotopic (exact) mass is 188 g/mol. The number of anilines is 1. The van der Waals surface area contributed by atoms with E-state index in [1.54, 1.807) is 0 Å². The Balaban J connectivity index is 2.52. The van der Waals surface area contributed by atoms with Crippen LogP contribution >= 0.6 is 0 Å². The molecule has 0 amide bonds. The molecule has 0 aliphatic heterocycles. The molecule has 2 nitrogen and oxygen atoms in total. The average molecular weight is 188 g/mol. The maximum Gasteiger partial charge on any atom is 0.0501 e. The molecule has 0 saturated carbocycles. The molecule has 0 bridgehead atoms. The van der Waals surface area contributed by atoms with Gasteiger partial charge in [0.25, 0.3) is 0 Å². The minimum absolute atomic E-state index is 0.659. The van der Waals surface area contributed by atoms with Crippen molar-refractivity contribution in [1.82, 2.24) is 4.57 Å². The van der Waals surface area contributed by atoms with E-state index in [1.165, 1.54) is 5.52 Å². The minimum Gasteiger partial charge on any atom is -0.398 e. The molecule has 14 heavy (non-hydrogen) atoms. The highest BCUT2D eigenvalue weighted by Crippen LogP contribution is 2.22. The first-order valence-corrected chi connectivity index (χ1v) is 5.02. The smallest absolute Gasteiger partial charge is 0.0501 e. The number of fused-ring (bicyclic) bond motifs is 1. The zero-order chi connectivity index (χ0) is 10.1. The standard InChI is InChI=1S/C12H16N2/c1-9(2)8-14-7-6-10-11(13)4-3-5-12(10)14/h3-7,9H,8,13H2,1-2H3. The molecule has 74 valence electrons. The van der Waals surface area contributed by atoms with E-state index in [1.807, 2.05) is 12.1 Å². The first kappa shape index (κ1) is 9.13. The molecule has 0 aliphatic carbocycles. The summed E-state index contributed by atoms with van der Waals surface area (Å²) in [5.74, 6) is 0.659. The number of aromatic nitrogens is 1. The van der Waals surface area contributed by atoms with Gasteiger partial charge in [0.1, 0.15) is 0 Å². The van der Waals surface area contributed by atoms with Gasteiger partial charge in [-0.3, -0.25) is 0 Å². The second kappa shape index (κ2) is 3.37. The lowest BCUT2D eigenvalue weighted by molar-refractivity contribution is 0.535. The molecule has 0 spiro atoms. The Hall–Kier alpha value is -1.44. The predicted molar refractivity (Wildman–Crippen MR) is 61.2 cm³/mol. The van der Waals surface area contributed by atoms with Gasteiger partial charge in [-0.2, -0.15) is 0 Å². The fraction of sp³-hybridized carbons (Fsp3) is 0.333.